The molecule has 0 fully saturated rings. The maximum absolute atomic E-state index is 6.70. The summed E-state index contributed by atoms with van der Waals surface area (Å²) in [7, 11) is 1.71. The van der Waals surface area contributed by atoms with Crippen molar-refractivity contribution in [3.63, 3.8) is 0 Å². The van der Waals surface area contributed by atoms with Crippen LogP contribution in [0.3, 0.4) is 0 Å². The van der Waals surface area contributed by atoms with Crippen molar-refractivity contribution < 1.29 is 4.74 Å². The molecule has 0 radical (unpaired) electrons. The second kappa shape index (κ2) is 7.65. The van der Waals surface area contributed by atoms with E-state index in [1.54, 1.807) is 7.11 Å². The molecule has 0 heterocycles. The van der Waals surface area contributed by atoms with Gasteiger partial charge in [-0.2, -0.15) is 0 Å². The fourth-order valence-electron chi connectivity index (χ4n) is 3.40. The number of para-hydroxylation sites is 1. The Morgan fingerprint density at radius 3 is 2.10 bits per heavy atom. The van der Waals surface area contributed by atoms with Crippen LogP contribution in [-0.4, -0.2) is 30.6 Å². The van der Waals surface area contributed by atoms with Crippen LogP contribution in [0.2, 0.25) is 0 Å². The fourth-order valence-corrected chi connectivity index (χ4v) is 3.40. The zero-order valence-electron chi connectivity index (χ0n) is 13.6. The molecule has 0 saturated heterocycles. The van der Waals surface area contributed by atoms with Crippen molar-refractivity contribution >= 4 is 0 Å². The van der Waals surface area contributed by atoms with E-state index in [4.69, 9.17) is 10.5 Å². The van der Waals surface area contributed by atoms with Crippen molar-refractivity contribution in [3.8, 4) is 5.75 Å². The van der Waals surface area contributed by atoms with E-state index < -0.39 is 0 Å². The fraction of sp³-hybridized carbons (Fsp3) is 0.647. The first-order valence-corrected chi connectivity index (χ1v) is 7.74. The Kier molecular flexibility index (Phi) is 6.50. The van der Waals surface area contributed by atoms with Crippen LogP contribution < -0.4 is 10.5 Å². The molecule has 0 amide bonds. The number of benzene rings is 1. The number of rotatable bonds is 8. The lowest BCUT2D eigenvalue weighted by atomic mass is 9.79. The third-order valence-electron chi connectivity index (χ3n) is 4.67. The molecular formula is C17H30N2O. The summed E-state index contributed by atoms with van der Waals surface area (Å²) in [5.41, 5.74) is 7.79. The summed E-state index contributed by atoms with van der Waals surface area (Å²) < 4.78 is 5.50. The van der Waals surface area contributed by atoms with Crippen molar-refractivity contribution in [1.29, 1.82) is 0 Å². The van der Waals surface area contributed by atoms with Crippen LogP contribution in [0.4, 0.5) is 0 Å². The molecular weight excluding hydrogens is 248 g/mol. The molecule has 0 aromatic heterocycles. The summed E-state index contributed by atoms with van der Waals surface area (Å²) in [6, 6.07) is 8.07. The average molecular weight is 278 g/mol. The van der Waals surface area contributed by atoms with Crippen molar-refractivity contribution in [1.82, 2.24) is 4.90 Å². The molecule has 0 aliphatic carbocycles. The minimum atomic E-state index is -0.0476. The Morgan fingerprint density at radius 1 is 1.10 bits per heavy atom. The first kappa shape index (κ1) is 17.0. The summed E-state index contributed by atoms with van der Waals surface area (Å²) >= 11 is 0. The lowest BCUT2D eigenvalue weighted by Crippen LogP contribution is -2.54. The van der Waals surface area contributed by atoms with Gasteiger partial charge in [0.2, 0.25) is 0 Å². The molecule has 1 aromatic carbocycles. The quantitative estimate of drug-likeness (QED) is 0.789. The Morgan fingerprint density at radius 2 is 1.65 bits per heavy atom. The molecule has 114 valence electrons. The van der Waals surface area contributed by atoms with Gasteiger partial charge in [0.05, 0.1) is 13.2 Å². The van der Waals surface area contributed by atoms with E-state index in [0.717, 1.165) is 37.2 Å². The summed E-state index contributed by atoms with van der Waals surface area (Å²) in [6.45, 7) is 10.9. The highest BCUT2D eigenvalue weighted by molar-refractivity contribution is 5.37. The summed E-state index contributed by atoms with van der Waals surface area (Å²) in [5.74, 6) is 0.887. The monoisotopic (exact) mass is 278 g/mol. The molecule has 1 aromatic rings. The van der Waals surface area contributed by atoms with Crippen molar-refractivity contribution in [2.45, 2.75) is 52.1 Å². The summed E-state index contributed by atoms with van der Waals surface area (Å²) in [6.07, 6.45) is 2.06. The standard InChI is InChI=1S/C17H30N2O/c1-6-17(7-2,19(8-3)9-4)16(18)14-12-10-11-13-15(14)20-5/h10-13,16H,6-9,18H2,1-5H3. The summed E-state index contributed by atoms with van der Waals surface area (Å²) in [4.78, 5) is 2.49. The van der Waals surface area contributed by atoms with Gasteiger partial charge in [0.15, 0.2) is 0 Å². The predicted molar refractivity (Wildman–Crippen MR) is 86.2 cm³/mol. The van der Waals surface area contributed by atoms with Gasteiger partial charge in [-0.3, -0.25) is 4.90 Å². The first-order chi connectivity index (χ1) is 9.61. The number of ether oxygens (including phenoxy) is 1. The Balaban J connectivity index is 3.26. The van der Waals surface area contributed by atoms with E-state index >= 15 is 0 Å². The van der Waals surface area contributed by atoms with Gasteiger partial charge >= 0.3 is 0 Å². The zero-order chi connectivity index (χ0) is 15.2. The number of hydrogen-bond donors (Lipinski definition) is 1. The largest absolute Gasteiger partial charge is 0.496 e. The minimum Gasteiger partial charge on any atom is -0.496 e. The van der Waals surface area contributed by atoms with Gasteiger partial charge in [-0.15, -0.1) is 0 Å². The van der Waals surface area contributed by atoms with Gasteiger partial charge in [-0.1, -0.05) is 45.9 Å². The molecule has 1 rings (SSSR count). The molecule has 0 aliphatic rings. The van der Waals surface area contributed by atoms with E-state index in [1.807, 2.05) is 18.2 Å². The van der Waals surface area contributed by atoms with Crippen LogP contribution >= 0.6 is 0 Å². The Hall–Kier alpha value is -1.06. The number of nitrogens with two attached hydrogens (primary N) is 1. The van der Waals surface area contributed by atoms with Gasteiger partial charge < -0.3 is 10.5 Å². The van der Waals surface area contributed by atoms with Crippen LogP contribution in [-0.2, 0) is 0 Å². The zero-order valence-corrected chi connectivity index (χ0v) is 13.6. The molecule has 0 aliphatic heterocycles. The molecule has 2 N–H and O–H groups in total. The molecule has 0 spiro atoms. The summed E-state index contributed by atoms with van der Waals surface area (Å²) in [5, 5.41) is 0. The smallest absolute Gasteiger partial charge is 0.123 e. The van der Waals surface area contributed by atoms with E-state index in [-0.39, 0.29) is 11.6 Å². The molecule has 1 atom stereocenters. The van der Waals surface area contributed by atoms with Crippen LogP contribution in [0.1, 0.15) is 52.1 Å². The van der Waals surface area contributed by atoms with Gasteiger partial charge in [0.1, 0.15) is 5.75 Å². The van der Waals surface area contributed by atoms with Crippen molar-refractivity contribution in [3.05, 3.63) is 29.8 Å². The Labute approximate surface area is 124 Å². The molecule has 20 heavy (non-hydrogen) atoms. The van der Waals surface area contributed by atoms with Crippen LogP contribution in [0.5, 0.6) is 5.75 Å². The van der Waals surface area contributed by atoms with Gasteiger partial charge in [-0.05, 0) is 32.0 Å². The maximum atomic E-state index is 6.70. The maximum Gasteiger partial charge on any atom is 0.123 e. The molecule has 0 saturated carbocycles. The molecule has 1 unspecified atom stereocenters. The van der Waals surface area contributed by atoms with Gasteiger partial charge in [-0.25, -0.2) is 0 Å². The molecule has 3 heteroatoms. The number of nitrogens with zero attached hydrogens (tertiary/aromatic N) is 1. The topological polar surface area (TPSA) is 38.5 Å². The number of methoxy groups -OCH3 is 1. The molecule has 3 nitrogen and oxygen atoms in total. The van der Waals surface area contributed by atoms with Crippen LogP contribution in [0.15, 0.2) is 24.3 Å². The van der Waals surface area contributed by atoms with Crippen molar-refractivity contribution in [2.75, 3.05) is 20.2 Å². The Bertz CT molecular complexity index is 398. The SMILES string of the molecule is CCN(CC)C(CC)(CC)C(N)c1ccccc1OC. The molecule has 0 bridgehead atoms. The lowest BCUT2D eigenvalue weighted by molar-refractivity contribution is 0.0617. The normalized spacial score (nSPS) is 13.6. The van der Waals surface area contributed by atoms with Crippen LogP contribution in [0, 0.1) is 0 Å². The van der Waals surface area contributed by atoms with E-state index in [0.29, 0.717) is 0 Å². The third kappa shape index (κ3) is 2.99. The van der Waals surface area contributed by atoms with E-state index in [2.05, 4.69) is 38.7 Å². The highest BCUT2D eigenvalue weighted by atomic mass is 16.5. The predicted octanol–water partition coefficient (Wildman–Crippen LogP) is 3.60. The van der Waals surface area contributed by atoms with E-state index in [9.17, 15) is 0 Å². The number of hydrogen-bond acceptors (Lipinski definition) is 3. The van der Waals surface area contributed by atoms with Gasteiger partial charge in [0.25, 0.3) is 0 Å². The van der Waals surface area contributed by atoms with Crippen molar-refractivity contribution in [2.24, 2.45) is 5.73 Å². The highest BCUT2D eigenvalue weighted by Gasteiger charge is 2.39. The van der Waals surface area contributed by atoms with Gasteiger partial charge in [0, 0.05) is 11.1 Å². The number of likely N-dealkylation sites (N-methyl/N-ethyl adjacent to an activating group) is 1. The van der Waals surface area contributed by atoms with E-state index in [1.165, 1.54) is 0 Å². The third-order valence-corrected chi connectivity index (χ3v) is 4.67. The second-order valence-corrected chi connectivity index (χ2v) is 5.20. The first-order valence-electron chi connectivity index (χ1n) is 7.74. The minimum absolute atomic E-state index is 0.0157. The highest BCUT2D eigenvalue weighted by Crippen LogP contribution is 2.38. The second-order valence-electron chi connectivity index (χ2n) is 5.20. The average Bonchev–Trinajstić information content (AvgIpc) is 2.52. The van der Waals surface area contributed by atoms with Crippen LogP contribution in [0.25, 0.3) is 0 Å². The lowest BCUT2D eigenvalue weighted by Gasteiger charge is -2.47.